The highest BCUT2D eigenvalue weighted by Crippen LogP contribution is 2.53. The molecule has 0 bridgehead atoms. The Balaban J connectivity index is 1.54. The number of fused-ring (bicyclic) bond motifs is 3. The molecule has 196 valence electrons. The highest BCUT2D eigenvalue weighted by atomic mass is 32.2. The van der Waals surface area contributed by atoms with Crippen LogP contribution < -0.4 is 4.90 Å². The van der Waals surface area contributed by atoms with Crippen molar-refractivity contribution >= 4 is 60.9 Å². The van der Waals surface area contributed by atoms with Gasteiger partial charge in [0.25, 0.3) is 0 Å². The van der Waals surface area contributed by atoms with Crippen LogP contribution >= 0.6 is 23.1 Å². The molecule has 0 aliphatic carbocycles. The van der Waals surface area contributed by atoms with Crippen LogP contribution in [0.5, 0.6) is 0 Å². The van der Waals surface area contributed by atoms with E-state index in [0.29, 0.717) is 4.90 Å². The minimum absolute atomic E-state index is 0.297. The van der Waals surface area contributed by atoms with Crippen LogP contribution in [-0.4, -0.2) is 19.7 Å². The maximum Gasteiger partial charge on any atom is 0.175 e. The second-order valence-electron chi connectivity index (χ2n) is 9.83. The molecule has 0 N–H and O–H groups in total. The van der Waals surface area contributed by atoms with E-state index in [4.69, 9.17) is 4.98 Å². The fraction of sp³-hybridized carbons (Fsp3) is 0.0606. The largest absolute Gasteiger partial charge is 0.306 e. The summed E-state index contributed by atoms with van der Waals surface area (Å²) in [7, 11) is -3.29. The SMILES string of the molecule is Cc1ccc(N2c3ccccc3Sc3ccccc32)c2nc(-c3ccc(S(C)(=O)=O)cc3)cc(-c3cccs3)c12. The molecule has 2 aromatic heterocycles. The Hall–Kier alpha value is -3.91. The zero-order valence-corrected chi connectivity index (χ0v) is 24.3. The van der Waals surface area contributed by atoms with Gasteiger partial charge >= 0.3 is 0 Å². The third kappa shape index (κ3) is 4.22. The fourth-order valence-corrected chi connectivity index (χ4v) is 7.72. The summed E-state index contributed by atoms with van der Waals surface area (Å²) >= 11 is 3.49. The molecule has 7 rings (SSSR count). The zero-order valence-electron chi connectivity index (χ0n) is 21.8. The number of aryl methyl sites for hydroxylation is 1. The molecule has 0 fully saturated rings. The van der Waals surface area contributed by atoms with Gasteiger partial charge in [-0.3, -0.25) is 0 Å². The summed E-state index contributed by atoms with van der Waals surface area (Å²) in [4.78, 5) is 11.5. The predicted molar refractivity (Wildman–Crippen MR) is 167 cm³/mol. The van der Waals surface area contributed by atoms with E-state index in [2.05, 4.69) is 96.1 Å². The number of sulfone groups is 1. The van der Waals surface area contributed by atoms with Gasteiger partial charge in [-0.25, -0.2) is 13.4 Å². The molecule has 0 saturated heterocycles. The first-order valence-corrected chi connectivity index (χ1v) is 16.4. The van der Waals surface area contributed by atoms with Crippen molar-refractivity contribution in [1.82, 2.24) is 4.98 Å². The van der Waals surface area contributed by atoms with Gasteiger partial charge in [-0.2, -0.15) is 0 Å². The van der Waals surface area contributed by atoms with Gasteiger partial charge in [-0.05, 0) is 72.5 Å². The van der Waals surface area contributed by atoms with E-state index < -0.39 is 9.84 Å². The van der Waals surface area contributed by atoms with Gasteiger partial charge in [0.05, 0.1) is 33.2 Å². The summed E-state index contributed by atoms with van der Waals surface area (Å²) in [5.41, 5.74) is 8.11. The Morgan fingerprint density at radius 2 is 1.43 bits per heavy atom. The smallest absolute Gasteiger partial charge is 0.175 e. The number of para-hydroxylation sites is 2. The molecule has 0 amide bonds. The first-order chi connectivity index (χ1) is 19.4. The van der Waals surface area contributed by atoms with E-state index in [1.54, 1.807) is 35.2 Å². The van der Waals surface area contributed by atoms with Crippen molar-refractivity contribution in [3.63, 3.8) is 0 Å². The van der Waals surface area contributed by atoms with Crippen LogP contribution in [0.1, 0.15) is 5.56 Å². The van der Waals surface area contributed by atoms with E-state index in [9.17, 15) is 8.42 Å². The Kier molecular flexibility index (Phi) is 6.04. The molecule has 0 atom stereocenters. The third-order valence-electron chi connectivity index (χ3n) is 7.19. The van der Waals surface area contributed by atoms with Gasteiger partial charge in [-0.15, -0.1) is 11.3 Å². The first-order valence-electron chi connectivity index (χ1n) is 12.8. The predicted octanol–water partition coefficient (Wildman–Crippen LogP) is 9.28. The Morgan fingerprint density at radius 1 is 0.750 bits per heavy atom. The monoisotopic (exact) mass is 576 g/mol. The molecular weight excluding hydrogens is 553 g/mol. The molecule has 7 heteroatoms. The number of hydrogen-bond donors (Lipinski definition) is 0. The topological polar surface area (TPSA) is 50.3 Å². The molecule has 3 heterocycles. The summed E-state index contributed by atoms with van der Waals surface area (Å²) in [6.45, 7) is 2.14. The lowest BCUT2D eigenvalue weighted by molar-refractivity contribution is 0.602. The first kappa shape index (κ1) is 25.1. The van der Waals surface area contributed by atoms with Crippen molar-refractivity contribution in [1.29, 1.82) is 0 Å². The van der Waals surface area contributed by atoms with Crippen molar-refractivity contribution in [2.75, 3.05) is 11.2 Å². The number of nitrogens with zero attached hydrogens (tertiary/aromatic N) is 2. The number of benzene rings is 4. The number of thiophene rings is 1. The lowest BCUT2D eigenvalue weighted by Crippen LogP contribution is -2.15. The molecule has 0 spiro atoms. The number of anilines is 3. The van der Waals surface area contributed by atoms with Crippen LogP contribution in [0.4, 0.5) is 17.1 Å². The third-order valence-corrected chi connectivity index (χ3v) is 10.3. The van der Waals surface area contributed by atoms with E-state index >= 15 is 0 Å². The Labute approximate surface area is 241 Å². The molecule has 0 unspecified atom stereocenters. The molecule has 40 heavy (non-hydrogen) atoms. The average Bonchev–Trinajstić information content (AvgIpc) is 3.51. The molecule has 1 aliphatic heterocycles. The van der Waals surface area contributed by atoms with Crippen molar-refractivity contribution in [2.24, 2.45) is 0 Å². The van der Waals surface area contributed by atoms with Crippen LogP contribution in [0.15, 0.2) is 123 Å². The van der Waals surface area contributed by atoms with Crippen LogP contribution in [0, 0.1) is 6.92 Å². The summed E-state index contributed by atoms with van der Waals surface area (Å²) in [5.74, 6) is 0. The maximum atomic E-state index is 12.1. The van der Waals surface area contributed by atoms with Crippen molar-refractivity contribution in [3.05, 3.63) is 114 Å². The number of aromatic nitrogens is 1. The number of hydrogen-bond acceptors (Lipinski definition) is 6. The van der Waals surface area contributed by atoms with Gasteiger partial charge in [0, 0.05) is 37.4 Å². The molecule has 4 aromatic carbocycles. The standard InChI is InChI=1S/C33H24N2O2S3/c1-21-13-18-28(35-26-8-3-5-10-30(26)39-31-11-6-4-9-27(31)35)33-32(21)24(29-12-7-19-38-29)20-25(34-33)22-14-16-23(17-15-22)40(2,36)37/h3-20H,1-2H3. The van der Waals surface area contributed by atoms with E-state index in [0.717, 1.165) is 55.2 Å². The zero-order chi connectivity index (χ0) is 27.4. The average molecular weight is 577 g/mol. The second kappa shape index (κ2) is 9.63. The van der Waals surface area contributed by atoms with Gasteiger partial charge in [0.2, 0.25) is 0 Å². The van der Waals surface area contributed by atoms with Crippen LogP contribution in [-0.2, 0) is 9.84 Å². The lowest BCUT2D eigenvalue weighted by atomic mass is 9.98. The highest BCUT2D eigenvalue weighted by molar-refractivity contribution is 7.99. The van der Waals surface area contributed by atoms with Crippen molar-refractivity contribution in [2.45, 2.75) is 21.6 Å². The number of rotatable bonds is 4. The fourth-order valence-electron chi connectivity index (χ4n) is 5.29. The van der Waals surface area contributed by atoms with E-state index in [-0.39, 0.29) is 0 Å². The minimum Gasteiger partial charge on any atom is -0.306 e. The summed E-state index contributed by atoms with van der Waals surface area (Å²) in [6.07, 6.45) is 1.23. The summed E-state index contributed by atoms with van der Waals surface area (Å²) in [5, 5.41) is 3.21. The summed E-state index contributed by atoms with van der Waals surface area (Å²) in [6, 6.07) is 34.7. The van der Waals surface area contributed by atoms with Gasteiger partial charge in [0.15, 0.2) is 9.84 Å². The van der Waals surface area contributed by atoms with E-state index in [1.807, 2.05) is 12.1 Å². The molecule has 4 nitrogen and oxygen atoms in total. The Morgan fingerprint density at radius 3 is 2.05 bits per heavy atom. The molecular formula is C33H24N2O2S3. The number of pyridine rings is 1. The van der Waals surface area contributed by atoms with E-state index in [1.165, 1.54) is 16.0 Å². The summed E-state index contributed by atoms with van der Waals surface area (Å²) < 4.78 is 24.2. The maximum absolute atomic E-state index is 12.1. The van der Waals surface area contributed by atoms with Crippen molar-refractivity contribution in [3.8, 4) is 21.7 Å². The second-order valence-corrected chi connectivity index (χ2v) is 13.9. The minimum atomic E-state index is -3.29. The molecule has 0 saturated carbocycles. The van der Waals surface area contributed by atoms with Gasteiger partial charge in [-0.1, -0.05) is 60.3 Å². The lowest BCUT2D eigenvalue weighted by Gasteiger charge is -2.33. The highest BCUT2D eigenvalue weighted by Gasteiger charge is 2.27. The molecule has 0 radical (unpaired) electrons. The van der Waals surface area contributed by atoms with Gasteiger partial charge < -0.3 is 4.90 Å². The molecule has 6 aromatic rings. The molecule has 1 aliphatic rings. The van der Waals surface area contributed by atoms with Crippen LogP contribution in [0.3, 0.4) is 0 Å². The van der Waals surface area contributed by atoms with Crippen LogP contribution in [0.2, 0.25) is 0 Å². The van der Waals surface area contributed by atoms with Gasteiger partial charge in [0.1, 0.15) is 0 Å². The quantitative estimate of drug-likeness (QED) is 0.209. The normalized spacial score (nSPS) is 12.8. The van der Waals surface area contributed by atoms with Crippen LogP contribution in [0.25, 0.3) is 32.6 Å². The van der Waals surface area contributed by atoms with Crippen molar-refractivity contribution < 1.29 is 8.42 Å². The Bertz CT molecular complexity index is 1970.